The summed E-state index contributed by atoms with van der Waals surface area (Å²) in [5.74, 6) is -4.07. The first-order chi connectivity index (χ1) is 11.2. The normalized spacial score (nSPS) is 12.1. The number of aliphatic hydroxyl groups excluding tert-OH is 1. The average Bonchev–Trinajstić information content (AvgIpc) is 3.00. The van der Waals surface area contributed by atoms with Gasteiger partial charge in [0.25, 0.3) is 0 Å². The molecule has 0 saturated carbocycles. The molecule has 2 aromatic rings. The van der Waals surface area contributed by atoms with Crippen LogP contribution in [0.25, 0.3) is 0 Å². The summed E-state index contributed by atoms with van der Waals surface area (Å²) in [4.78, 5) is 22.4. The van der Waals surface area contributed by atoms with E-state index in [-0.39, 0.29) is 16.2 Å². The molecule has 0 radical (unpaired) electrons. The van der Waals surface area contributed by atoms with Crippen LogP contribution in [0.2, 0.25) is 5.02 Å². The number of carbonyl (C=O) groups is 2. The van der Waals surface area contributed by atoms with Crippen molar-refractivity contribution in [2.75, 3.05) is 0 Å². The fraction of sp³-hybridized carbons (Fsp3) is 0.0667. The van der Waals surface area contributed by atoms with Gasteiger partial charge in [-0.3, -0.25) is 4.79 Å². The number of sulfone groups is 1. The molecule has 9 heteroatoms. The Balaban J connectivity index is 2.34. The van der Waals surface area contributed by atoms with E-state index in [2.05, 4.69) is 0 Å². The molecule has 0 aliphatic carbocycles. The molecule has 0 atom stereocenters. The zero-order chi connectivity index (χ0) is 17.9. The molecule has 0 spiro atoms. The minimum absolute atomic E-state index is 0.179. The summed E-state index contributed by atoms with van der Waals surface area (Å²) in [6, 6.07) is 6.23. The maximum Gasteiger partial charge on any atom is 0.371 e. The molecule has 2 N–H and O–H groups in total. The molecule has 1 aromatic heterocycles. The summed E-state index contributed by atoms with van der Waals surface area (Å²) in [5, 5.41) is 20.8. The van der Waals surface area contributed by atoms with Crippen LogP contribution < -0.4 is 0 Å². The number of thiophene rings is 1. The zero-order valence-electron chi connectivity index (χ0n) is 12.0. The first-order valence-corrected chi connectivity index (χ1v) is 9.39. The molecule has 0 bridgehead atoms. The second-order valence-corrected chi connectivity index (χ2v) is 7.87. The molecule has 2 rings (SSSR count). The number of hydrogen-bond donors (Lipinski definition) is 2. The monoisotopic (exact) mass is 386 g/mol. The predicted octanol–water partition coefficient (Wildman–Crippen LogP) is 3.08. The van der Waals surface area contributed by atoms with E-state index in [9.17, 15) is 18.0 Å². The first kappa shape index (κ1) is 18.2. The van der Waals surface area contributed by atoms with Crippen molar-refractivity contribution in [3.05, 3.63) is 63.0 Å². The van der Waals surface area contributed by atoms with E-state index in [1.807, 2.05) is 0 Å². The Morgan fingerprint density at radius 1 is 1.12 bits per heavy atom. The van der Waals surface area contributed by atoms with E-state index in [0.29, 0.717) is 16.7 Å². The number of benzene rings is 1. The minimum Gasteiger partial charge on any atom is -0.502 e. The molecular formula is C15H11ClO6S2. The van der Waals surface area contributed by atoms with Crippen LogP contribution in [0, 0.1) is 0 Å². The number of carboxylic acids is 1. The standard InChI is InChI=1S/C15H11ClO6S2/c16-10-3-1-9(2-4-10)8-24(21,22)14-7-23-6-11(14)12(17)5-13(18)15(19)20/h1-7,18H,8H2,(H,19,20). The van der Waals surface area contributed by atoms with Gasteiger partial charge in [0.15, 0.2) is 15.6 Å². The Kier molecular flexibility index (Phi) is 5.43. The van der Waals surface area contributed by atoms with Gasteiger partial charge in [-0.25, -0.2) is 13.2 Å². The predicted molar refractivity (Wildman–Crippen MR) is 89.3 cm³/mol. The third-order valence-electron chi connectivity index (χ3n) is 2.98. The number of allylic oxidation sites excluding steroid dienone is 1. The van der Waals surface area contributed by atoms with Gasteiger partial charge in [-0.2, -0.15) is 11.3 Å². The Labute approximate surface area is 146 Å². The van der Waals surface area contributed by atoms with E-state index >= 15 is 0 Å². The number of carboxylic acid groups (broad SMARTS) is 1. The van der Waals surface area contributed by atoms with Crippen molar-refractivity contribution in [2.24, 2.45) is 0 Å². The van der Waals surface area contributed by atoms with Crippen LogP contribution in [0.1, 0.15) is 15.9 Å². The van der Waals surface area contributed by atoms with Gasteiger partial charge in [-0.1, -0.05) is 23.7 Å². The van der Waals surface area contributed by atoms with Gasteiger partial charge in [0.2, 0.25) is 5.76 Å². The summed E-state index contributed by atoms with van der Waals surface area (Å²) < 4.78 is 25.0. The van der Waals surface area contributed by atoms with Crippen LogP contribution in [-0.2, 0) is 20.4 Å². The fourth-order valence-electron chi connectivity index (χ4n) is 1.85. The molecule has 0 saturated heterocycles. The van der Waals surface area contributed by atoms with Gasteiger partial charge in [-0.05, 0) is 17.7 Å². The smallest absolute Gasteiger partial charge is 0.371 e. The highest BCUT2D eigenvalue weighted by Gasteiger charge is 2.24. The number of aliphatic carboxylic acids is 1. The molecule has 0 amide bonds. The Morgan fingerprint density at radius 2 is 1.75 bits per heavy atom. The van der Waals surface area contributed by atoms with Crippen molar-refractivity contribution < 1.29 is 28.2 Å². The van der Waals surface area contributed by atoms with Gasteiger partial charge < -0.3 is 10.2 Å². The molecule has 0 unspecified atom stereocenters. The minimum atomic E-state index is -3.83. The van der Waals surface area contributed by atoms with E-state index in [1.165, 1.54) is 10.8 Å². The van der Waals surface area contributed by atoms with Crippen LogP contribution in [0.4, 0.5) is 0 Å². The lowest BCUT2D eigenvalue weighted by Crippen LogP contribution is -2.10. The highest BCUT2D eigenvalue weighted by Crippen LogP contribution is 2.26. The van der Waals surface area contributed by atoms with Crippen molar-refractivity contribution in [3.63, 3.8) is 0 Å². The van der Waals surface area contributed by atoms with Crippen LogP contribution in [-0.4, -0.2) is 30.4 Å². The number of carbonyl (C=O) groups excluding carboxylic acids is 1. The number of rotatable bonds is 6. The van der Waals surface area contributed by atoms with Crippen LogP contribution in [0.5, 0.6) is 0 Å². The molecule has 1 heterocycles. The summed E-state index contributed by atoms with van der Waals surface area (Å²) in [7, 11) is -3.83. The van der Waals surface area contributed by atoms with E-state index in [4.69, 9.17) is 21.8 Å². The molecule has 24 heavy (non-hydrogen) atoms. The van der Waals surface area contributed by atoms with Gasteiger partial charge in [0, 0.05) is 21.9 Å². The Bertz CT molecular complexity index is 910. The number of ketones is 1. The van der Waals surface area contributed by atoms with Crippen LogP contribution >= 0.6 is 22.9 Å². The summed E-state index contributed by atoms with van der Waals surface area (Å²) in [6.45, 7) is 0. The van der Waals surface area contributed by atoms with Crippen molar-refractivity contribution in [3.8, 4) is 0 Å². The highest BCUT2D eigenvalue weighted by atomic mass is 35.5. The summed E-state index contributed by atoms with van der Waals surface area (Å²) >= 11 is 6.74. The number of halogens is 1. The maximum atomic E-state index is 12.5. The first-order valence-electron chi connectivity index (χ1n) is 6.42. The maximum absolute atomic E-state index is 12.5. The fourth-order valence-corrected chi connectivity index (χ4v) is 4.78. The van der Waals surface area contributed by atoms with E-state index < -0.39 is 27.3 Å². The molecule has 0 fully saturated rings. The molecule has 1 aromatic carbocycles. The molecule has 6 nitrogen and oxygen atoms in total. The van der Waals surface area contributed by atoms with E-state index in [0.717, 1.165) is 11.3 Å². The molecule has 0 aliphatic heterocycles. The van der Waals surface area contributed by atoms with Gasteiger partial charge >= 0.3 is 5.97 Å². The van der Waals surface area contributed by atoms with Gasteiger partial charge in [-0.15, -0.1) is 0 Å². The molecule has 0 aliphatic rings. The largest absolute Gasteiger partial charge is 0.502 e. The lowest BCUT2D eigenvalue weighted by molar-refractivity contribution is -0.135. The van der Waals surface area contributed by atoms with Crippen molar-refractivity contribution in [2.45, 2.75) is 10.6 Å². The second-order valence-electron chi connectivity index (χ2n) is 4.73. The van der Waals surface area contributed by atoms with Gasteiger partial charge in [0.05, 0.1) is 16.2 Å². The Hall–Kier alpha value is -2.16. The lowest BCUT2D eigenvalue weighted by atomic mass is 10.2. The number of hydrogen-bond acceptors (Lipinski definition) is 6. The third-order valence-corrected chi connectivity index (χ3v) is 5.85. The third kappa shape index (κ3) is 4.22. The Morgan fingerprint density at radius 3 is 2.33 bits per heavy atom. The second kappa shape index (κ2) is 7.16. The molecular weight excluding hydrogens is 376 g/mol. The van der Waals surface area contributed by atoms with Crippen molar-refractivity contribution in [1.29, 1.82) is 0 Å². The van der Waals surface area contributed by atoms with Crippen molar-refractivity contribution >= 4 is 44.5 Å². The van der Waals surface area contributed by atoms with Crippen LogP contribution in [0.15, 0.2) is 51.8 Å². The lowest BCUT2D eigenvalue weighted by Gasteiger charge is -2.05. The van der Waals surface area contributed by atoms with Crippen LogP contribution in [0.3, 0.4) is 0 Å². The summed E-state index contributed by atoms with van der Waals surface area (Å²) in [5.41, 5.74) is 0.315. The zero-order valence-corrected chi connectivity index (χ0v) is 14.4. The highest BCUT2D eigenvalue weighted by molar-refractivity contribution is 7.90. The molecule has 126 valence electrons. The van der Waals surface area contributed by atoms with E-state index in [1.54, 1.807) is 24.3 Å². The number of aliphatic hydroxyl groups is 1. The summed E-state index contributed by atoms with van der Waals surface area (Å²) in [6.07, 6.45) is 0.478. The van der Waals surface area contributed by atoms with Gasteiger partial charge in [0.1, 0.15) is 0 Å². The average molecular weight is 387 g/mol. The SMILES string of the molecule is O=C(O)C(O)=CC(=O)c1cscc1S(=O)(=O)Cc1ccc(Cl)cc1. The quantitative estimate of drug-likeness (QED) is 0.448. The topological polar surface area (TPSA) is 109 Å². The van der Waals surface area contributed by atoms with Crippen molar-refractivity contribution in [1.82, 2.24) is 0 Å².